The number of anilines is 1. The van der Waals surface area contributed by atoms with Crippen LogP contribution in [0, 0.1) is 6.92 Å². The zero-order chi connectivity index (χ0) is 16.2. The van der Waals surface area contributed by atoms with Crippen molar-refractivity contribution >= 4 is 5.82 Å². The lowest BCUT2D eigenvalue weighted by Gasteiger charge is -2.23. The molecule has 23 heavy (non-hydrogen) atoms. The molecule has 0 spiro atoms. The van der Waals surface area contributed by atoms with Crippen LogP contribution in [0.5, 0.6) is 0 Å². The first-order valence-electron chi connectivity index (χ1n) is 8.44. The molecule has 2 aromatic heterocycles. The van der Waals surface area contributed by atoms with Crippen molar-refractivity contribution in [1.82, 2.24) is 20.4 Å². The summed E-state index contributed by atoms with van der Waals surface area (Å²) in [6.07, 6.45) is 3.14. The first-order valence-corrected chi connectivity index (χ1v) is 8.44. The summed E-state index contributed by atoms with van der Waals surface area (Å²) >= 11 is 0. The van der Waals surface area contributed by atoms with Gasteiger partial charge in [0, 0.05) is 23.7 Å². The lowest BCUT2D eigenvalue weighted by atomic mass is 9.94. The average Bonchev–Trinajstić information content (AvgIpc) is 3.04. The molecular formula is C17H25N5O. The van der Waals surface area contributed by atoms with Gasteiger partial charge in [0.2, 0.25) is 0 Å². The molecule has 1 aliphatic heterocycles. The lowest BCUT2D eigenvalue weighted by Crippen LogP contribution is -2.27. The molecular weight excluding hydrogens is 290 g/mol. The SMILES string of the molecule is CCc1cc(C(C)Nc2cc(C3CCNCC3)nc(C)n2)on1. The van der Waals surface area contributed by atoms with Crippen molar-refractivity contribution in [2.24, 2.45) is 0 Å². The van der Waals surface area contributed by atoms with Crippen molar-refractivity contribution < 1.29 is 4.52 Å². The molecule has 0 aromatic carbocycles. The maximum Gasteiger partial charge on any atom is 0.158 e. The summed E-state index contributed by atoms with van der Waals surface area (Å²) in [5.74, 6) is 3.02. The van der Waals surface area contributed by atoms with Crippen LogP contribution < -0.4 is 10.6 Å². The van der Waals surface area contributed by atoms with E-state index in [1.54, 1.807) is 0 Å². The number of nitrogens with one attached hydrogen (secondary N) is 2. The van der Waals surface area contributed by atoms with Gasteiger partial charge >= 0.3 is 0 Å². The molecule has 2 N–H and O–H groups in total. The fourth-order valence-corrected chi connectivity index (χ4v) is 2.98. The maximum absolute atomic E-state index is 5.40. The van der Waals surface area contributed by atoms with Gasteiger partial charge in [-0.15, -0.1) is 0 Å². The summed E-state index contributed by atoms with van der Waals surface area (Å²) in [4.78, 5) is 9.16. The second-order valence-corrected chi connectivity index (χ2v) is 6.19. The van der Waals surface area contributed by atoms with E-state index in [0.717, 1.165) is 61.1 Å². The summed E-state index contributed by atoms with van der Waals surface area (Å²) in [5, 5.41) is 10.9. The highest BCUT2D eigenvalue weighted by molar-refractivity contribution is 5.39. The van der Waals surface area contributed by atoms with Gasteiger partial charge in [0.1, 0.15) is 11.6 Å². The van der Waals surface area contributed by atoms with Crippen LogP contribution in [0.3, 0.4) is 0 Å². The maximum atomic E-state index is 5.40. The van der Waals surface area contributed by atoms with Gasteiger partial charge in [-0.1, -0.05) is 12.1 Å². The minimum absolute atomic E-state index is 0.0259. The molecule has 1 unspecified atom stereocenters. The molecule has 1 fully saturated rings. The second-order valence-electron chi connectivity index (χ2n) is 6.19. The standard InChI is InChI=1S/C17H25N5O/c1-4-14-9-16(23-22-14)11(2)19-17-10-15(20-12(3)21-17)13-5-7-18-8-6-13/h9-11,13,18H,4-8H2,1-3H3,(H,19,20,21). The van der Waals surface area contributed by atoms with Crippen molar-refractivity contribution in [2.75, 3.05) is 18.4 Å². The quantitative estimate of drug-likeness (QED) is 0.883. The summed E-state index contributed by atoms with van der Waals surface area (Å²) in [6, 6.07) is 4.11. The third-order valence-electron chi connectivity index (χ3n) is 4.35. The second kappa shape index (κ2) is 7.08. The number of hydrogen-bond acceptors (Lipinski definition) is 6. The summed E-state index contributed by atoms with van der Waals surface area (Å²) < 4.78 is 5.40. The average molecular weight is 315 g/mol. The molecule has 1 atom stereocenters. The predicted molar refractivity (Wildman–Crippen MR) is 89.5 cm³/mol. The van der Waals surface area contributed by atoms with E-state index in [1.807, 2.05) is 13.0 Å². The summed E-state index contributed by atoms with van der Waals surface area (Å²) in [6.45, 7) is 8.19. The third-order valence-corrected chi connectivity index (χ3v) is 4.35. The van der Waals surface area contributed by atoms with E-state index in [1.165, 1.54) is 0 Å². The van der Waals surface area contributed by atoms with Gasteiger partial charge in [0.25, 0.3) is 0 Å². The third kappa shape index (κ3) is 3.88. The van der Waals surface area contributed by atoms with Gasteiger partial charge < -0.3 is 15.2 Å². The van der Waals surface area contributed by atoms with E-state index < -0.39 is 0 Å². The highest BCUT2D eigenvalue weighted by atomic mass is 16.5. The Bertz CT molecular complexity index is 648. The fourth-order valence-electron chi connectivity index (χ4n) is 2.98. The van der Waals surface area contributed by atoms with E-state index in [9.17, 15) is 0 Å². The van der Waals surface area contributed by atoms with Crippen molar-refractivity contribution in [1.29, 1.82) is 0 Å². The minimum Gasteiger partial charge on any atom is -0.360 e. The highest BCUT2D eigenvalue weighted by Gasteiger charge is 2.19. The Balaban J connectivity index is 1.75. The van der Waals surface area contributed by atoms with Crippen molar-refractivity contribution in [3.05, 3.63) is 35.1 Å². The molecule has 6 nitrogen and oxygen atoms in total. The van der Waals surface area contributed by atoms with Gasteiger partial charge in [-0.05, 0) is 46.2 Å². The van der Waals surface area contributed by atoms with E-state index in [-0.39, 0.29) is 6.04 Å². The number of nitrogens with zero attached hydrogens (tertiary/aromatic N) is 3. The molecule has 0 aliphatic carbocycles. The van der Waals surface area contributed by atoms with Gasteiger partial charge in [-0.25, -0.2) is 9.97 Å². The van der Waals surface area contributed by atoms with Gasteiger partial charge in [-0.3, -0.25) is 0 Å². The van der Waals surface area contributed by atoms with E-state index in [0.29, 0.717) is 5.92 Å². The van der Waals surface area contributed by atoms with E-state index in [2.05, 4.69) is 45.7 Å². The Hall–Kier alpha value is -1.95. The molecule has 1 aliphatic rings. The number of piperidine rings is 1. The van der Waals surface area contributed by atoms with Crippen LogP contribution in [-0.2, 0) is 6.42 Å². The molecule has 124 valence electrons. The Morgan fingerprint density at radius 3 is 2.78 bits per heavy atom. The van der Waals surface area contributed by atoms with E-state index >= 15 is 0 Å². The molecule has 3 heterocycles. The molecule has 3 rings (SSSR count). The molecule has 1 saturated heterocycles. The molecule has 6 heteroatoms. The van der Waals surface area contributed by atoms with Crippen LogP contribution in [0.2, 0.25) is 0 Å². The van der Waals surface area contributed by atoms with Gasteiger partial charge in [-0.2, -0.15) is 0 Å². The Morgan fingerprint density at radius 1 is 1.30 bits per heavy atom. The van der Waals surface area contributed by atoms with Gasteiger partial charge in [0.15, 0.2) is 5.76 Å². The summed E-state index contributed by atoms with van der Waals surface area (Å²) in [5.41, 5.74) is 2.11. The number of hydrogen-bond donors (Lipinski definition) is 2. The lowest BCUT2D eigenvalue weighted by molar-refractivity contribution is 0.368. The first-order chi connectivity index (χ1) is 11.2. The topological polar surface area (TPSA) is 75.9 Å². The molecule has 2 aromatic rings. The van der Waals surface area contributed by atoms with Crippen molar-refractivity contribution in [2.45, 2.75) is 52.0 Å². The summed E-state index contributed by atoms with van der Waals surface area (Å²) in [7, 11) is 0. The highest BCUT2D eigenvalue weighted by Crippen LogP contribution is 2.26. The normalized spacial score (nSPS) is 17.2. The van der Waals surface area contributed by atoms with Crippen LogP contribution >= 0.6 is 0 Å². The van der Waals surface area contributed by atoms with Gasteiger partial charge in [0.05, 0.1) is 11.7 Å². The predicted octanol–water partition coefficient (Wildman–Crippen LogP) is 2.98. The smallest absolute Gasteiger partial charge is 0.158 e. The zero-order valence-electron chi connectivity index (χ0n) is 14.1. The van der Waals surface area contributed by atoms with Crippen LogP contribution in [0.15, 0.2) is 16.7 Å². The number of aromatic nitrogens is 3. The van der Waals surface area contributed by atoms with Crippen molar-refractivity contribution in [3.63, 3.8) is 0 Å². The molecule has 0 amide bonds. The fraction of sp³-hybridized carbons (Fsp3) is 0.588. The van der Waals surface area contributed by atoms with Crippen LogP contribution in [-0.4, -0.2) is 28.2 Å². The zero-order valence-corrected chi connectivity index (χ0v) is 14.1. The molecule has 0 radical (unpaired) electrons. The Morgan fingerprint density at radius 2 is 2.09 bits per heavy atom. The Kier molecular flexibility index (Phi) is 4.91. The monoisotopic (exact) mass is 315 g/mol. The largest absolute Gasteiger partial charge is 0.360 e. The van der Waals surface area contributed by atoms with Crippen LogP contribution in [0.1, 0.15) is 61.6 Å². The van der Waals surface area contributed by atoms with Crippen molar-refractivity contribution in [3.8, 4) is 0 Å². The Labute approximate surface area is 137 Å². The first kappa shape index (κ1) is 15.9. The van der Waals surface area contributed by atoms with Crippen LogP contribution in [0.4, 0.5) is 5.82 Å². The number of aryl methyl sites for hydroxylation is 2. The minimum atomic E-state index is 0.0259. The molecule has 0 bridgehead atoms. The van der Waals surface area contributed by atoms with E-state index in [4.69, 9.17) is 4.52 Å². The van der Waals surface area contributed by atoms with Crippen LogP contribution in [0.25, 0.3) is 0 Å². The number of rotatable bonds is 5. The molecule has 0 saturated carbocycles.